The molecule has 12 heavy (non-hydrogen) atoms. The first kappa shape index (κ1) is 8.31. The quantitative estimate of drug-likeness (QED) is 0.548. The molecule has 0 aromatic heterocycles. The van der Waals surface area contributed by atoms with Crippen LogP contribution in [0.5, 0.6) is 0 Å². The van der Waals surface area contributed by atoms with Crippen LogP contribution in [0.4, 0.5) is 0 Å². The topological polar surface area (TPSA) is 20.2 Å². The second-order valence-corrected chi connectivity index (χ2v) is 4.72. The van der Waals surface area contributed by atoms with Gasteiger partial charge >= 0.3 is 0 Å². The van der Waals surface area contributed by atoms with Crippen LogP contribution < -0.4 is 0 Å². The van der Waals surface area contributed by atoms with E-state index >= 15 is 0 Å². The van der Waals surface area contributed by atoms with Crippen LogP contribution in [-0.4, -0.2) is 11.2 Å². The van der Waals surface area contributed by atoms with Crippen LogP contribution in [0.3, 0.4) is 0 Å². The van der Waals surface area contributed by atoms with E-state index in [9.17, 15) is 5.11 Å². The molecule has 1 heteroatoms. The molecular weight excluding hydrogens is 148 g/mol. The van der Waals surface area contributed by atoms with Gasteiger partial charge in [-0.05, 0) is 44.4 Å². The summed E-state index contributed by atoms with van der Waals surface area (Å²) in [5.41, 5.74) is 3.62. The van der Waals surface area contributed by atoms with Gasteiger partial charge in [0.05, 0.1) is 6.10 Å². The van der Waals surface area contributed by atoms with Gasteiger partial charge in [0.2, 0.25) is 0 Å². The zero-order valence-electron chi connectivity index (χ0n) is 8.06. The van der Waals surface area contributed by atoms with Gasteiger partial charge in [-0.2, -0.15) is 0 Å². The summed E-state index contributed by atoms with van der Waals surface area (Å²) in [5, 5.41) is 9.59. The van der Waals surface area contributed by atoms with Crippen LogP contribution in [0.2, 0.25) is 0 Å². The van der Waals surface area contributed by atoms with E-state index in [0.717, 1.165) is 19.3 Å². The molecule has 1 saturated carbocycles. The number of allylic oxidation sites excluding steroid dienone is 2. The standard InChI is InChI=1S/C11H18O/c1-8-5-6-11(2)7-9(12)3-4-10(8)11/h9,12H,3-7H2,1-2H3/t9-,11-/m1/s1. The predicted molar refractivity (Wildman–Crippen MR) is 49.9 cm³/mol. The summed E-state index contributed by atoms with van der Waals surface area (Å²) in [7, 11) is 0. The van der Waals surface area contributed by atoms with Gasteiger partial charge in [0.25, 0.3) is 0 Å². The smallest absolute Gasteiger partial charge is 0.0551 e. The molecule has 0 heterocycles. The number of rotatable bonds is 0. The van der Waals surface area contributed by atoms with Crippen molar-refractivity contribution in [3.05, 3.63) is 11.1 Å². The third kappa shape index (κ3) is 1.11. The molecule has 0 aliphatic heterocycles. The fraction of sp³-hybridized carbons (Fsp3) is 0.818. The Hall–Kier alpha value is -0.300. The molecule has 0 amide bonds. The molecule has 0 bridgehead atoms. The normalized spacial score (nSPS) is 41.8. The first-order valence-electron chi connectivity index (χ1n) is 4.99. The van der Waals surface area contributed by atoms with Gasteiger partial charge in [0, 0.05) is 0 Å². The van der Waals surface area contributed by atoms with Gasteiger partial charge in [-0.15, -0.1) is 0 Å². The van der Waals surface area contributed by atoms with E-state index in [1.165, 1.54) is 12.8 Å². The molecule has 1 fully saturated rings. The van der Waals surface area contributed by atoms with Crippen molar-refractivity contribution in [2.75, 3.05) is 0 Å². The Morgan fingerprint density at radius 3 is 2.92 bits per heavy atom. The summed E-state index contributed by atoms with van der Waals surface area (Å²) < 4.78 is 0. The van der Waals surface area contributed by atoms with Crippen LogP contribution in [-0.2, 0) is 0 Å². The number of fused-ring (bicyclic) bond motifs is 1. The first-order chi connectivity index (χ1) is 5.62. The average molecular weight is 166 g/mol. The largest absolute Gasteiger partial charge is 0.393 e. The van der Waals surface area contributed by atoms with Gasteiger partial charge in [0.15, 0.2) is 0 Å². The number of hydrogen-bond donors (Lipinski definition) is 1. The second-order valence-electron chi connectivity index (χ2n) is 4.72. The Labute approximate surface area is 74.5 Å². The maximum Gasteiger partial charge on any atom is 0.0551 e. The van der Waals surface area contributed by atoms with Crippen molar-refractivity contribution in [3.8, 4) is 0 Å². The Balaban J connectivity index is 2.27. The van der Waals surface area contributed by atoms with Crippen molar-refractivity contribution in [2.24, 2.45) is 5.41 Å². The van der Waals surface area contributed by atoms with E-state index in [2.05, 4.69) is 13.8 Å². The van der Waals surface area contributed by atoms with Crippen molar-refractivity contribution in [2.45, 2.75) is 52.1 Å². The molecular formula is C11H18O. The van der Waals surface area contributed by atoms with Crippen LogP contribution in [0.25, 0.3) is 0 Å². The molecule has 0 aromatic rings. The maximum absolute atomic E-state index is 9.59. The Kier molecular flexibility index (Phi) is 1.80. The van der Waals surface area contributed by atoms with Crippen molar-refractivity contribution < 1.29 is 5.11 Å². The van der Waals surface area contributed by atoms with E-state index in [0.29, 0.717) is 5.41 Å². The van der Waals surface area contributed by atoms with E-state index in [1.807, 2.05) is 0 Å². The van der Waals surface area contributed by atoms with E-state index in [1.54, 1.807) is 11.1 Å². The summed E-state index contributed by atoms with van der Waals surface area (Å²) in [6, 6.07) is 0. The Morgan fingerprint density at radius 1 is 1.42 bits per heavy atom. The van der Waals surface area contributed by atoms with E-state index < -0.39 is 0 Å². The van der Waals surface area contributed by atoms with Gasteiger partial charge in [-0.1, -0.05) is 18.1 Å². The number of hydrogen-bond acceptors (Lipinski definition) is 1. The average Bonchev–Trinajstić information content (AvgIpc) is 2.27. The molecule has 2 rings (SSSR count). The minimum absolute atomic E-state index is 0.0374. The fourth-order valence-electron chi connectivity index (χ4n) is 2.95. The summed E-state index contributed by atoms with van der Waals surface area (Å²) in [6.45, 7) is 4.58. The molecule has 2 aliphatic rings. The minimum Gasteiger partial charge on any atom is -0.393 e. The summed E-state index contributed by atoms with van der Waals surface area (Å²) in [4.78, 5) is 0. The summed E-state index contributed by atoms with van der Waals surface area (Å²) in [6.07, 6.45) is 5.62. The van der Waals surface area contributed by atoms with Crippen molar-refractivity contribution >= 4 is 0 Å². The molecule has 2 aliphatic carbocycles. The number of aliphatic hydroxyl groups excluding tert-OH is 1. The van der Waals surface area contributed by atoms with Gasteiger partial charge < -0.3 is 5.11 Å². The highest BCUT2D eigenvalue weighted by Gasteiger charge is 2.39. The molecule has 1 N–H and O–H groups in total. The summed E-state index contributed by atoms with van der Waals surface area (Å²) >= 11 is 0. The Bertz CT molecular complexity index is 229. The summed E-state index contributed by atoms with van der Waals surface area (Å²) in [5.74, 6) is 0. The zero-order valence-corrected chi connectivity index (χ0v) is 8.06. The number of aliphatic hydroxyl groups is 1. The lowest BCUT2D eigenvalue weighted by atomic mass is 9.71. The highest BCUT2D eigenvalue weighted by molar-refractivity contribution is 5.28. The fourth-order valence-corrected chi connectivity index (χ4v) is 2.95. The molecule has 0 aromatic carbocycles. The molecule has 0 unspecified atom stereocenters. The molecule has 2 atom stereocenters. The zero-order chi connectivity index (χ0) is 8.77. The monoisotopic (exact) mass is 166 g/mol. The lowest BCUT2D eigenvalue weighted by molar-refractivity contribution is 0.0903. The van der Waals surface area contributed by atoms with Gasteiger partial charge in [-0.3, -0.25) is 0 Å². The van der Waals surface area contributed by atoms with Gasteiger partial charge in [0.1, 0.15) is 0 Å². The van der Waals surface area contributed by atoms with Crippen LogP contribution >= 0.6 is 0 Å². The highest BCUT2D eigenvalue weighted by Crippen LogP contribution is 2.51. The Morgan fingerprint density at radius 2 is 2.17 bits per heavy atom. The maximum atomic E-state index is 9.59. The molecule has 0 saturated heterocycles. The van der Waals surface area contributed by atoms with Crippen molar-refractivity contribution in [3.63, 3.8) is 0 Å². The lowest BCUT2D eigenvalue weighted by Crippen LogP contribution is -2.28. The molecule has 68 valence electrons. The van der Waals surface area contributed by atoms with E-state index in [-0.39, 0.29) is 6.10 Å². The van der Waals surface area contributed by atoms with Crippen molar-refractivity contribution in [1.82, 2.24) is 0 Å². The molecule has 0 spiro atoms. The molecule has 0 radical (unpaired) electrons. The predicted octanol–water partition coefficient (Wildman–Crippen LogP) is 2.65. The van der Waals surface area contributed by atoms with Crippen LogP contribution in [0, 0.1) is 5.41 Å². The SMILES string of the molecule is CC1=C2CC[C@@H](O)C[C@@]2(C)CC1. The van der Waals surface area contributed by atoms with E-state index in [4.69, 9.17) is 0 Å². The second kappa shape index (κ2) is 2.59. The third-order valence-electron chi connectivity index (χ3n) is 3.71. The third-order valence-corrected chi connectivity index (χ3v) is 3.71. The highest BCUT2D eigenvalue weighted by atomic mass is 16.3. The first-order valence-corrected chi connectivity index (χ1v) is 4.99. The lowest BCUT2D eigenvalue weighted by Gasteiger charge is -2.35. The minimum atomic E-state index is -0.0374. The molecule has 1 nitrogen and oxygen atoms in total. The van der Waals surface area contributed by atoms with Gasteiger partial charge in [-0.25, -0.2) is 0 Å². The van der Waals surface area contributed by atoms with Crippen LogP contribution in [0.15, 0.2) is 11.1 Å². The van der Waals surface area contributed by atoms with Crippen LogP contribution in [0.1, 0.15) is 46.0 Å². The van der Waals surface area contributed by atoms with Crippen molar-refractivity contribution in [1.29, 1.82) is 0 Å².